The van der Waals surface area contributed by atoms with Crippen molar-refractivity contribution in [2.75, 3.05) is 27.9 Å². The molecule has 6 nitrogen and oxygen atoms in total. The molecule has 2 aliphatic heterocycles. The summed E-state index contributed by atoms with van der Waals surface area (Å²) in [6, 6.07) is 11.6. The fraction of sp³-hybridized carbons (Fsp3) is 0.391. The molecule has 2 aliphatic rings. The largest absolute Gasteiger partial charge is 0.493 e. The van der Waals surface area contributed by atoms with Gasteiger partial charge in [0.1, 0.15) is 5.92 Å². The number of hydrogen-bond acceptors (Lipinski definition) is 5. The van der Waals surface area contributed by atoms with Crippen LogP contribution in [0.4, 0.5) is 0 Å². The molecule has 0 bridgehead atoms. The van der Waals surface area contributed by atoms with Crippen LogP contribution in [-0.4, -0.2) is 44.7 Å². The molecular weight excluding hydrogens is 450 g/mol. The van der Waals surface area contributed by atoms with Gasteiger partial charge in [-0.3, -0.25) is 9.59 Å². The maximum absolute atomic E-state index is 13.5. The van der Waals surface area contributed by atoms with Gasteiger partial charge in [0.15, 0.2) is 11.5 Å². The van der Waals surface area contributed by atoms with E-state index in [-0.39, 0.29) is 17.9 Å². The number of piperidine rings is 1. The van der Waals surface area contributed by atoms with Gasteiger partial charge in [-0.1, -0.05) is 28.1 Å². The number of fused-ring (bicyclic) bond motifs is 3. The van der Waals surface area contributed by atoms with E-state index in [4.69, 9.17) is 14.2 Å². The molecule has 2 aromatic carbocycles. The zero-order valence-corrected chi connectivity index (χ0v) is 18.8. The predicted octanol–water partition coefficient (Wildman–Crippen LogP) is 3.87. The first-order valence-corrected chi connectivity index (χ1v) is 10.7. The lowest BCUT2D eigenvalue weighted by Crippen LogP contribution is -2.51. The van der Waals surface area contributed by atoms with Gasteiger partial charge in [-0.25, -0.2) is 0 Å². The summed E-state index contributed by atoms with van der Waals surface area (Å²) in [7, 11) is 4.56. The van der Waals surface area contributed by atoms with Crippen molar-refractivity contribution >= 4 is 27.8 Å². The van der Waals surface area contributed by atoms with Gasteiger partial charge in [-0.15, -0.1) is 0 Å². The van der Waals surface area contributed by atoms with E-state index in [1.54, 1.807) is 14.2 Å². The number of methoxy groups -OCH3 is 3. The molecule has 30 heavy (non-hydrogen) atoms. The smallest absolute Gasteiger partial charge is 0.318 e. The second kappa shape index (κ2) is 8.30. The van der Waals surface area contributed by atoms with Gasteiger partial charge in [0.25, 0.3) is 0 Å². The minimum Gasteiger partial charge on any atom is -0.493 e. The Morgan fingerprint density at radius 1 is 1.07 bits per heavy atom. The van der Waals surface area contributed by atoms with Gasteiger partial charge in [-0.05, 0) is 53.8 Å². The zero-order chi connectivity index (χ0) is 21.4. The molecule has 1 fully saturated rings. The SMILES string of the molecule is COC(=O)[C@@H]1C(=O)N2CCc3cc(OC)c(OC)cc3[C@@H]2C[C@H]1c1ccc(Br)cc1. The van der Waals surface area contributed by atoms with Crippen molar-refractivity contribution in [3.8, 4) is 11.5 Å². The van der Waals surface area contributed by atoms with Crippen molar-refractivity contribution < 1.29 is 23.8 Å². The highest BCUT2D eigenvalue weighted by Crippen LogP contribution is 2.48. The molecule has 0 saturated carbocycles. The van der Waals surface area contributed by atoms with E-state index in [1.165, 1.54) is 7.11 Å². The molecule has 1 amide bonds. The van der Waals surface area contributed by atoms with Gasteiger partial charge in [-0.2, -0.15) is 0 Å². The molecule has 0 aromatic heterocycles. The van der Waals surface area contributed by atoms with Gasteiger partial charge in [0, 0.05) is 16.9 Å². The Balaban J connectivity index is 1.79. The number of benzene rings is 2. The molecule has 0 N–H and O–H groups in total. The molecule has 3 atom stereocenters. The quantitative estimate of drug-likeness (QED) is 0.498. The second-order valence-corrected chi connectivity index (χ2v) is 8.51. The van der Waals surface area contributed by atoms with Crippen molar-refractivity contribution in [1.82, 2.24) is 4.90 Å². The van der Waals surface area contributed by atoms with Crippen molar-refractivity contribution in [3.05, 3.63) is 57.6 Å². The Morgan fingerprint density at radius 2 is 1.73 bits per heavy atom. The van der Waals surface area contributed by atoms with Crippen LogP contribution in [0.2, 0.25) is 0 Å². The topological polar surface area (TPSA) is 65.1 Å². The highest BCUT2D eigenvalue weighted by atomic mass is 79.9. The molecule has 0 spiro atoms. The summed E-state index contributed by atoms with van der Waals surface area (Å²) in [5.74, 6) is -0.437. The Morgan fingerprint density at radius 3 is 2.37 bits per heavy atom. The maximum Gasteiger partial charge on any atom is 0.318 e. The Labute approximate surface area is 184 Å². The molecule has 158 valence electrons. The lowest BCUT2D eigenvalue weighted by molar-refractivity contribution is -0.160. The summed E-state index contributed by atoms with van der Waals surface area (Å²) in [6.45, 7) is 0.562. The normalized spacial score (nSPS) is 22.7. The van der Waals surface area contributed by atoms with Crippen LogP contribution in [-0.2, 0) is 20.7 Å². The van der Waals surface area contributed by atoms with Crippen LogP contribution in [0.15, 0.2) is 40.9 Å². The Hall–Kier alpha value is -2.54. The first-order chi connectivity index (χ1) is 14.5. The van der Waals surface area contributed by atoms with E-state index >= 15 is 0 Å². The summed E-state index contributed by atoms with van der Waals surface area (Å²) >= 11 is 3.45. The monoisotopic (exact) mass is 473 g/mol. The van der Waals surface area contributed by atoms with Crippen LogP contribution in [0.25, 0.3) is 0 Å². The van der Waals surface area contributed by atoms with Gasteiger partial charge >= 0.3 is 5.97 Å². The van der Waals surface area contributed by atoms with Crippen molar-refractivity contribution in [2.24, 2.45) is 5.92 Å². The fourth-order valence-electron chi connectivity index (χ4n) is 4.70. The third-order valence-corrected chi connectivity index (χ3v) is 6.71. The number of hydrogen-bond donors (Lipinski definition) is 0. The van der Waals surface area contributed by atoms with Crippen molar-refractivity contribution in [1.29, 1.82) is 0 Å². The van der Waals surface area contributed by atoms with Crippen LogP contribution < -0.4 is 9.47 Å². The van der Waals surface area contributed by atoms with E-state index < -0.39 is 11.9 Å². The van der Waals surface area contributed by atoms with E-state index in [0.29, 0.717) is 30.9 Å². The highest BCUT2D eigenvalue weighted by Gasteiger charge is 2.48. The third kappa shape index (κ3) is 3.45. The number of carbonyl (C=O) groups excluding carboxylic acids is 2. The van der Waals surface area contributed by atoms with E-state index in [2.05, 4.69) is 15.9 Å². The molecule has 7 heteroatoms. The number of esters is 1. The second-order valence-electron chi connectivity index (χ2n) is 7.60. The average molecular weight is 474 g/mol. The lowest BCUT2D eigenvalue weighted by Gasteiger charge is -2.46. The first-order valence-electron chi connectivity index (χ1n) is 9.87. The van der Waals surface area contributed by atoms with Crippen molar-refractivity contribution in [3.63, 3.8) is 0 Å². The number of carbonyl (C=O) groups is 2. The Bertz CT molecular complexity index is 974. The number of ether oxygens (including phenoxy) is 3. The fourth-order valence-corrected chi connectivity index (χ4v) is 4.97. The van der Waals surface area contributed by atoms with E-state index in [9.17, 15) is 9.59 Å². The molecule has 4 rings (SSSR count). The molecule has 0 aliphatic carbocycles. The molecule has 2 heterocycles. The van der Waals surface area contributed by atoms with Crippen LogP contribution in [0.3, 0.4) is 0 Å². The van der Waals surface area contributed by atoms with Crippen molar-refractivity contribution in [2.45, 2.75) is 24.8 Å². The summed E-state index contributed by atoms with van der Waals surface area (Å²) in [5.41, 5.74) is 3.15. The van der Waals surface area contributed by atoms with Gasteiger partial charge in [0.05, 0.1) is 27.4 Å². The maximum atomic E-state index is 13.5. The average Bonchev–Trinajstić information content (AvgIpc) is 2.77. The third-order valence-electron chi connectivity index (χ3n) is 6.18. The summed E-state index contributed by atoms with van der Waals surface area (Å²) < 4.78 is 16.9. The zero-order valence-electron chi connectivity index (χ0n) is 17.2. The number of halogens is 1. The molecule has 0 unspecified atom stereocenters. The standard InChI is InChI=1S/C23H24BrNO5/c1-28-19-10-14-8-9-25-18(16(14)12-20(19)29-2)11-17(13-4-6-15(24)7-5-13)21(22(25)26)23(27)30-3/h4-7,10,12,17-18,21H,8-9,11H2,1-3H3/t17-,18-,21-/m0/s1. The summed E-state index contributed by atoms with van der Waals surface area (Å²) in [6.07, 6.45) is 1.34. The number of rotatable bonds is 4. The molecule has 2 aromatic rings. The molecule has 0 radical (unpaired) electrons. The van der Waals surface area contributed by atoms with Gasteiger partial charge < -0.3 is 19.1 Å². The Kier molecular flexibility index (Phi) is 5.73. The van der Waals surface area contributed by atoms with Crippen LogP contribution in [0.1, 0.15) is 35.1 Å². The van der Waals surface area contributed by atoms with Crippen LogP contribution >= 0.6 is 15.9 Å². The van der Waals surface area contributed by atoms with E-state index in [1.807, 2.05) is 41.3 Å². The number of nitrogens with zero attached hydrogens (tertiary/aromatic N) is 1. The minimum atomic E-state index is -0.839. The number of amides is 1. The predicted molar refractivity (Wildman–Crippen MR) is 115 cm³/mol. The summed E-state index contributed by atoms with van der Waals surface area (Å²) in [4.78, 5) is 27.9. The van der Waals surface area contributed by atoms with Crippen LogP contribution in [0.5, 0.6) is 11.5 Å². The van der Waals surface area contributed by atoms with Gasteiger partial charge in [0.2, 0.25) is 5.91 Å². The molecular formula is C23H24BrNO5. The minimum absolute atomic E-state index is 0.129. The van der Waals surface area contributed by atoms with E-state index in [0.717, 1.165) is 21.2 Å². The molecule has 1 saturated heterocycles. The lowest BCUT2D eigenvalue weighted by atomic mass is 9.73. The first kappa shape index (κ1) is 20.7. The highest BCUT2D eigenvalue weighted by molar-refractivity contribution is 9.10. The summed E-state index contributed by atoms with van der Waals surface area (Å²) in [5, 5.41) is 0. The van der Waals surface area contributed by atoms with Crippen LogP contribution in [0, 0.1) is 5.92 Å².